The van der Waals surface area contributed by atoms with Crippen LogP contribution in [-0.4, -0.2) is 14.8 Å². The van der Waals surface area contributed by atoms with E-state index < -0.39 is 6.43 Å². The number of fused-ring (bicyclic) bond motifs is 2. The number of pyridine rings is 1. The first-order valence-corrected chi connectivity index (χ1v) is 10.3. The molecule has 0 aliphatic heterocycles. The second-order valence-corrected chi connectivity index (χ2v) is 7.86. The van der Waals surface area contributed by atoms with Gasteiger partial charge in [0.2, 0.25) is 0 Å². The molecule has 6 heteroatoms. The summed E-state index contributed by atoms with van der Waals surface area (Å²) >= 11 is 6.32. The summed E-state index contributed by atoms with van der Waals surface area (Å²) in [5.41, 5.74) is 3.05. The Morgan fingerprint density at radius 2 is 1.71 bits per heavy atom. The molecule has 3 nitrogen and oxygen atoms in total. The number of hydrogen-bond acceptors (Lipinski definition) is 2. The van der Waals surface area contributed by atoms with Crippen LogP contribution in [0.2, 0.25) is 5.02 Å². The number of hydrogen-bond donors (Lipinski definition) is 0. The van der Waals surface area contributed by atoms with Crippen molar-refractivity contribution in [3.05, 3.63) is 94.6 Å². The van der Waals surface area contributed by atoms with Gasteiger partial charge in [-0.1, -0.05) is 72.3 Å². The Labute approximate surface area is 182 Å². The van der Waals surface area contributed by atoms with E-state index in [0.29, 0.717) is 34.0 Å². The molecule has 0 N–H and O–H groups in total. The van der Waals surface area contributed by atoms with E-state index in [1.807, 2.05) is 60.7 Å². The van der Waals surface area contributed by atoms with Gasteiger partial charge in [-0.05, 0) is 35.4 Å². The molecule has 5 rings (SSSR count). The van der Waals surface area contributed by atoms with E-state index in [1.54, 1.807) is 17.7 Å². The Hall–Kier alpha value is -3.31. The molecular weight excluding hydrogens is 416 g/mol. The highest BCUT2D eigenvalue weighted by molar-refractivity contribution is 6.31. The highest BCUT2D eigenvalue weighted by Crippen LogP contribution is 2.35. The molecule has 3 aromatic carbocycles. The highest BCUT2D eigenvalue weighted by Gasteiger charge is 2.22. The molecule has 0 fully saturated rings. The number of aryl methyl sites for hydroxylation is 1. The van der Waals surface area contributed by atoms with Crippen molar-refractivity contribution in [2.45, 2.75) is 19.9 Å². The van der Waals surface area contributed by atoms with Crippen LogP contribution in [0, 0.1) is 6.92 Å². The van der Waals surface area contributed by atoms with Crippen LogP contribution in [0.4, 0.5) is 8.78 Å². The van der Waals surface area contributed by atoms with Gasteiger partial charge in [0.25, 0.3) is 6.43 Å². The van der Waals surface area contributed by atoms with E-state index in [9.17, 15) is 8.78 Å². The second-order valence-electron chi connectivity index (χ2n) is 7.46. The predicted octanol–water partition coefficient (Wildman–Crippen LogP) is 7.20. The van der Waals surface area contributed by atoms with Crippen LogP contribution in [0.25, 0.3) is 33.1 Å². The standard InChI is InChI=1S/C25H18ClF2N3/c1-15-23-20(24(27)28)13-22(19-11-6-9-16-7-2-4-10-18(16)19)29-25(23)31(30-15)14-17-8-3-5-12-21(17)26/h2-13,24H,14H2,1H3. The fourth-order valence-electron chi connectivity index (χ4n) is 4.04. The van der Waals surface area contributed by atoms with Gasteiger partial charge in [-0.15, -0.1) is 0 Å². The van der Waals surface area contributed by atoms with Gasteiger partial charge in [0.05, 0.1) is 23.3 Å². The van der Waals surface area contributed by atoms with Gasteiger partial charge >= 0.3 is 0 Å². The first kappa shape index (κ1) is 19.6. The second kappa shape index (κ2) is 7.75. The molecular formula is C25H18ClF2N3. The minimum absolute atomic E-state index is 0.0594. The largest absolute Gasteiger partial charge is 0.264 e. The number of aromatic nitrogens is 3. The van der Waals surface area contributed by atoms with E-state index >= 15 is 0 Å². The summed E-state index contributed by atoms with van der Waals surface area (Å²) in [4.78, 5) is 4.81. The number of rotatable bonds is 4. The van der Waals surface area contributed by atoms with Gasteiger partial charge in [-0.3, -0.25) is 0 Å². The molecule has 0 saturated heterocycles. The topological polar surface area (TPSA) is 30.7 Å². The Balaban J connectivity index is 1.77. The summed E-state index contributed by atoms with van der Waals surface area (Å²) in [6.45, 7) is 2.08. The summed E-state index contributed by atoms with van der Waals surface area (Å²) in [6.07, 6.45) is -2.64. The first-order valence-electron chi connectivity index (χ1n) is 9.90. The summed E-state index contributed by atoms with van der Waals surface area (Å²) in [5.74, 6) is 0. The Morgan fingerprint density at radius 1 is 0.968 bits per heavy atom. The van der Waals surface area contributed by atoms with Crippen LogP contribution < -0.4 is 0 Å². The van der Waals surface area contributed by atoms with Gasteiger partial charge in [-0.25, -0.2) is 18.4 Å². The molecule has 2 heterocycles. The minimum atomic E-state index is -2.64. The van der Waals surface area contributed by atoms with Crippen molar-refractivity contribution in [1.29, 1.82) is 0 Å². The quantitative estimate of drug-likeness (QED) is 0.300. The zero-order valence-corrected chi connectivity index (χ0v) is 17.4. The van der Waals surface area contributed by atoms with Crippen molar-refractivity contribution < 1.29 is 8.78 Å². The summed E-state index contributed by atoms with van der Waals surface area (Å²) in [7, 11) is 0. The number of halogens is 3. The van der Waals surface area contributed by atoms with Gasteiger partial charge in [0, 0.05) is 16.1 Å². The predicted molar refractivity (Wildman–Crippen MR) is 121 cm³/mol. The SMILES string of the molecule is Cc1nn(Cc2ccccc2Cl)c2nc(-c3cccc4ccccc34)cc(C(F)F)c12. The lowest BCUT2D eigenvalue weighted by atomic mass is 10.00. The molecule has 0 aliphatic rings. The van der Waals surface area contributed by atoms with Crippen LogP contribution in [0.3, 0.4) is 0 Å². The van der Waals surface area contributed by atoms with Crippen LogP contribution in [0.1, 0.15) is 23.2 Å². The maximum Gasteiger partial charge on any atom is 0.264 e. The first-order chi connectivity index (χ1) is 15.0. The summed E-state index contributed by atoms with van der Waals surface area (Å²) in [5, 5.41) is 7.52. The van der Waals surface area contributed by atoms with Crippen molar-refractivity contribution in [2.75, 3.05) is 0 Å². The number of alkyl halides is 2. The number of nitrogens with zero attached hydrogens (tertiary/aromatic N) is 3. The maximum atomic E-state index is 14.1. The highest BCUT2D eigenvalue weighted by atomic mass is 35.5. The monoisotopic (exact) mass is 433 g/mol. The Bertz CT molecular complexity index is 1420. The fraction of sp³-hybridized carbons (Fsp3) is 0.120. The third-order valence-electron chi connectivity index (χ3n) is 5.49. The van der Waals surface area contributed by atoms with Gasteiger partial charge in [0.1, 0.15) is 0 Å². The van der Waals surface area contributed by atoms with Crippen LogP contribution in [0.5, 0.6) is 0 Å². The molecule has 31 heavy (non-hydrogen) atoms. The minimum Gasteiger partial charge on any atom is -0.242 e. The molecule has 0 bridgehead atoms. The molecule has 0 radical (unpaired) electrons. The van der Waals surface area contributed by atoms with E-state index in [-0.39, 0.29) is 5.56 Å². The van der Waals surface area contributed by atoms with E-state index in [2.05, 4.69) is 5.10 Å². The Morgan fingerprint density at radius 3 is 2.52 bits per heavy atom. The lowest BCUT2D eigenvalue weighted by Gasteiger charge is -2.11. The molecule has 0 unspecified atom stereocenters. The van der Waals surface area contributed by atoms with Crippen LogP contribution >= 0.6 is 11.6 Å². The lowest BCUT2D eigenvalue weighted by Crippen LogP contribution is -2.04. The molecule has 5 aromatic rings. The van der Waals surface area contributed by atoms with Crippen LogP contribution in [0.15, 0.2) is 72.8 Å². The molecule has 154 valence electrons. The van der Waals surface area contributed by atoms with E-state index in [0.717, 1.165) is 21.9 Å². The van der Waals surface area contributed by atoms with Gasteiger partial charge in [-0.2, -0.15) is 5.10 Å². The number of benzene rings is 3. The van der Waals surface area contributed by atoms with Crippen molar-refractivity contribution in [3.63, 3.8) is 0 Å². The lowest BCUT2D eigenvalue weighted by molar-refractivity contribution is 0.153. The van der Waals surface area contributed by atoms with Crippen molar-refractivity contribution in [1.82, 2.24) is 14.8 Å². The Kier molecular flexibility index (Phi) is 4.91. The van der Waals surface area contributed by atoms with Crippen molar-refractivity contribution in [3.8, 4) is 11.3 Å². The van der Waals surface area contributed by atoms with Crippen LogP contribution in [-0.2, 0) is 6.54 Å². The summed E-state index contributed by atoms with van der Waals surface area (Å²) < 4.78 is 29.9. The normalized spacial score (nSPS) is 11.6. The maximum absolute atomic E-state index is 14.1. The third-order valence-corrected chi connectivity index (χ3v) is 5.86. The average Bonchev–Trinajstić information content (AvgIpc) is 3.09. The van der Waals surface area contributed by atoms with Crippen molar-refractivity contribution >= 4 is 33.4 Å². The average molecular weight is 434 g/mol. The van der Waals surface area contributed by atoms with Crippen molar-refractivity contribution in [2.24, 2.45) is 0 Å². The third kappa shape index (κ3) is 3.45. The molecule has 2 aromatic heterocycles. The van der Waals surface area contributed by atoms with E-state index in [1.165, 1.54) is 6.07 Å². The molecule has 0 spiro atoms. The zero-order chi connectivity index (χ0) is 21.5. The zero-order valence-electron chi connectivity index (χ0n) is 16.7. The van der Waals surface area contributed by atoms with Gasteiger partial charge < -0.3 is 0 Å². The van der Waals surface area contributed by atoms with Gasteiger partial charge in [0.15, 0.2) is 5.65 Å². The molecule has 0 aliphatic carbocycles. The molecule has 0 amide bonds. The summed E-state index contributed by atoms with van der Waals surface area (Å²) in [6, 6.07) is 22.6. The smallest absolute Gasteiger partial charge is 0.242 e. The van der Waals surface area contributed by atoms with E-state index in [4.69, 9.17) is 16.6 Å². The molecule has 0 saturated carbocycles. The fourth-order valence-corrected chi connectivity index (χ4v) is 4.24. The molecule has 0 atom stereocenters.